The molecular weight excluding hydrogens is 203 g/mol. The standard InChI is InChI=1S/C4H11O4P.CH4O3/c1-4(3-8-5)9(2,6)7;2-1-4-3/h4-5H,3H2,1-2H3,(H,6,7);2-3H,1H2. The first-order chi connectivity index (χ1) is 5.90. The van der Waals surface area contributed by atoms with Crippen molar-refractivity contribution < 1.29 is 34.9 Å². The fraction of sp³-hybridized carbons (Fsp3) is 1.00. The molecule has 2 unspecified atom stereocenters. The van der Waals surface area contributed by atoms with E-state index >= 15 is 0 Å². The Kier molecular flexibility index (Phi) is 10.2. The predicted octanol–water partition coefficient (Wildman–Crippen LogP) is 0.190. The molecule has 7 nitrogen and oxygen atoms in total. The van der Waals surface area contributed by atoms with Gasteiger partial charge in [-0.1, -0.05) is 6.92 Å². The van der Waals surface area contributed by atoms with Crippen LogP contribution in [-0.2, 0) is 14.3 Å². The van der Waals surface area contributed by atoms with Crippen molar-refractivity contribution in [2.45, 2.75) is 12.6 Å². The lowest BCUT2D eigenvalue weighted by Gasteiger charge is -2.11. The van der Waals surface area contributed by atoms with Gasteiger partial charge in [-0.2, -0.15) is 0 Å². The number of hydrogen-bond donors (Lipinski definition) is 4. The molecule has 0 aliphatic carbocycles. The first kappa shape index (κ1) is 15.5. The molecule has 0 fully saturated rings. The first-order valence-electron chi connectivity index (χ1n) is 3.33. The van der Waals surface area contributed by atoms with Crippen molar-refractivity contribution in [1.82, 2.24) is 0 Å². The van der Waals surface area contributed by atoms with Gasteiger partial charge in [-0.05, 0) is 0 Å². The van der Waals surface area contributed by atoms with Crippen molar-refractivity contribution >= 4 is 7.37 Å². The predicted molar refractivity (Wildman–Crippen MR) is 44.6 cm³/mol. The van der Waals surface area contributed by atoms with Crippen LogP contribution in [0.15, 0.2) is 0 Å². The minimum atomic E-state index is -3.06. The second kappa shape index (κ2) is 8.58. The molecule has 0 aromatic carbocycles. The van der Waals surface area contributed by atoms with Gasteiger partial charge in [0.1, 0.15) is 0 Å². The van der Waals surface area contributed by atoms with Gasteiger partial charge in [0.05, 0.1) is 12.3 Å². The highest BCUT2D eigenvalue weighted by Crippen LogP contribution is 2.41. The zero-order chi connectivity index (χ0) is 10.9. The van der Waals surface area contributed by atoms with Crippen LogP contribution in [0.5, 0.6) is 0 Å². The Bertz CT molecular complexity index is 142. The lowest BCUT2D eigenvalue weighted by atomic mass is 10.5. The van der Waals surface area contributed by atoms with E-state index in [2.05, 4.69) is 9.78 Å². The summed E-state index contributed by atoms with van der Waals surface area (Å²) in [6.45, 7) is 2.05. The van der Waals surface area contributed by atoms with E-state index in [0.717, 1.165) is 0 Å². The Labute approximate surface area is 75.8 Å². The zero-order valence-corrected chi connectivity index (χ0v) is 8.35. The summed E-state index contributed by atoms with van der Waals surface area (Å²) in [4.78, 5) is 15.6. The van der Waals surface area contributed by atoms with E-state index in [9.17, 15) is 4.57 Å². The Morgan fingerprint density at radius 3 is 1.85 bits per heavy atom. The van der Waals surface area contributed by atoms with Crippen LogP contribution in [0.1, 0.15) is 6.92 Å². The molecule has 8 heteroatoms. The summed E-state index contributed by atoms with van der Waals surface area (Å²) in [5, 5.41) is 22.4. The number of rotatable bonds is 4. The minimum Gasteiger partial charge on any atom is -0.368 e. The number of aliphatic hydroxyl groups is 1. The fourth-order valence-electron chi connectivity index (χ4n) is 0.246. The summed E-state index contributed by atoms with van der Waals surface area (Å²) in [7, 11) is -3.06. The maximum atomic E-state index is 10.7. The molecule has 0 aliphatic rings. The van der Waals surface area contributed by atoms with E-state index < -0.39 is 19.8 Å². The smallest absolute Gasteiger partial charge is 0.202 e. The van der Waals surface area contributed by atoms with E-state index in [-0.39, 0.29) is 6.61 Å². The molecule has 0 bridgehead atoms. The Morgan fingerprint density at radius 1 is 1.38 bits per heavy atom. The first-order valence-corrected chi connectivity index (χ1v) is 5.51. The zero-order valence-electron chi connectivity index (χ0n) is 7.45. The van der Waals surface area contributed by atoms with Crippen molar-refractivity contribution in [3.8, 4) is 0 Å². The number of hydrogen-bond acceptors (Lipinski definition) is 6. The average molecular weight is 218 g/mol. The highest BCUT2D eigenvalue weighted by Gasteiger charge is 2.20. The number of aliphatic hydroxyl groups excluding tert-OH is 1. The fourth-order valence-corrected chi connectivity index (χ4v) is 0.589. The van der Waals surface area contributed by atoms with Gasteiger partial charge in [0, 0.05) is 6.66 Å². The second-order valence-corrected chi connectivity index (χ2v) is 5.11. The molecule has 0 radical (unpaired) electrons. The third-order valence-electron chi connectivity index (χ3n) is 1.19. The van der Waals surface area contributed by atoms with Crippen LogP contribution < -0.4 is 0 Å². The van der Waals surface area contributed by atoms with E-state index in [4.69, 9.17) is 20.5 Å². The largest absolute Gasteiger partial charge is 0.368 e. The molecular formula is C5H15O7P. The van der Waals surface area contributed by atoms with Crippen LogP contribution in [0.25, 0.3) is 0 Å². The summed E-state index contributed by atoms with van der Waals surface area (Å²) in [5.74, 6) is 0. The van der Waals surface area contributed by atoms with Gasteiger partial charge in [0.15, 0.2) is 6.79 Å². The third kappa shape index (κ3) is 12.0. The normalized spacial score (nSPS) is 16.8. The molecule has 0 aliphatic heterocycles. The van der Waals surface area contributed by atoms with Gasteiger partial charge >= 0.3 is 0 Å². The molecule has 0 heterocycles. The molecule has 0 saturated carbocycles. The monoisotopic (exact) mass is 218 g/mol. The van der Waals surface area contributed by atoms with Gasteiger partial charge in [-0.3, -0.25) is 9.82 Å². The lowest BCUT2D eigenvalue weighted by molar-refractivity contribution is -0.285. The minimum absolute atomic E-state index is 0.0930. The molecule has 0 amide bonds. The Hall–Kier alpha value is -0.0100. The van der Waals surface area contributed by atoms with Crippen LogP contribution in [0.4, 0.5) is 0 Å². The Balaban J connectivity index is 0. The van der Waals surface area contributed by atoms with Gasteiger partial charge < -0.3 is 10.00 Å². The molecule has 4 N–H and O–H groups in total. The van der Waals surface area contributed by atoms with Crippen molar-refractivity contribution in [3.05, 3.63) is 0 Å². The molecule has 0 aromatic heterocycles. The molecule has 0 spiro atoms. The van der Waals surface area contributed by atoms with Crippen molar-refractivity contribution in [2.75, 3.05) is 20.1 Å². The van der Waals surface area contributed by atoms with E-state index in [1.165, 1.54) is 13.6 Å². The summed E-state index contributed by atoms with van der Waals surface area (Å²) in [6, 6.07) is 0. The highest BCUT2D eigenvalue weighted by molar-refractivity contribution is 7.57. The lowest BCUT2D eigenvalue weighted by Crippen LogP contribution is -2.09. The third-order valence-corrected chi connectivity index (χ3v) is 2.98. The van der Waals surface area contributed by atoms with Gasteiger partial charge in [-0.15, -0.1) is 0 Å². The average Bonchev–Trinajstić information content (AvgIpc) is 2.04. The highest BCUT2D eigenvalue weighted by atomic mass is 31.2. The maximum Gasteiger partial charge on any atom is 0.202 e. The van der Waals surface area contributed by atoms with Crippen LogP contribution in [-0.4, -0.2) is 46.2 Å². The van der Waals surface area contributed by atoms with E-state index in [0.29, 0.717) is 0 Å². The van der Waals surface area contributed by atoms with Crippen LogP contribution in [0.3, 0.4) is 0 Å². The van der Waals surface area contributed by atoms with Gasteiger partial charge in [-0.25, -0.2) is 15.0 Å². The van der Waals surface area contributed by atoms with Crippen molar-refractivity contribution in [3.63, 3.8) is 0 Å². The molecule has 82 valence electrons. The van der Waals surface area contributed by atoms with Gasteiger partial charge in [0.25, 0.3) is 0 Å². The van der Waals surface area contributed by atoms with E-state index in [1.54, 1.807) is 0 Å². The topological polar surface area (TPSA) is 116 Å². The van der Waals surface area contributed by atoms with Crippen molar-refractivity contribution in [2.24, 2.45) is 0 Å². The molecule has 0 saturated heterocycles. The second-order valence-electron chi connectivity index (χ2n) is 2.35. The molecule has 0 rings (SSSR count). The SMILES string of the molecule is CC(COO)P(C)(=O)O.OCOO. The van der Waals surface area contributed by atoms with Crippen LogP contribution in [0.2, 0.25) is 0 Å². The van der Waals surface area contributed by atoms with Crippen molar-refractivity contribution in [1.29, 1.82) is 0 Å². The molecule has 13 heavy (non-hydrogen) atoms. The van der Waals surface area contributed by atoms with Crippen LogP contribution >= 0.6 is 7.37 Å². The summed E-state index contributed by atoms with van der Waals surface area (Å²) in [6.07, 6.45) is 0. The van der Waals surface area contributed by atoms with Crippen LogP contribution in [0, 0.1) is 0 Å². The summed E-state index contributed by atoms with van der Waals surface area (Å²) < 4.78 is 10.7. The maximum absolute atomic E-state index is 10.7. The summed E-state index contributed by atoms with van der Waals surface area (Å²) in [5.41, 5.74) is -0.498. The van der Waals surface area contributed by atoms with E-state index in [1.807, 2.05) is 0 Å². The van der Waals surface area contributed by atoms with Gasteiger partial charge in [0.2, 0.25) is 7.37 Å². The quantitative estimate of drug-likeness (QED) is 0.230. The molecule has 0 aromatic rings. The Morgan fingerprint density at radius 2 is 1.77 bits per heavy atom. The molecule has 2 atom stereocenters. The summed E-state index contributed by atoms with van der Waals surface area (Å²) >= 11 is 0.